The van der Waals surface area contributed by atoms with E-state index in [-0.39, 0.29) is 6.61 Å². The molecule has 2 heterocycles. The number of nitrogens with zero attached hydrogens (tertiary/aromatic N) is 3. The largest absolute Gasteiger partial charge is 0.492 e. The van der Waals surface area contributed by atoms with Crippen molar-refractivity contribution in [3.8, 4) is 11.5 Å². The van der Waals surface area contributed by atoms with Crippen molar-refractivity contribution >= 4 is 11.6 Å². The summed E-state index contributed by atoms with van der Waals surface area (Å²) in [5, 5.41) is 16.1. The second-order valence-electron chi connectivity index (χ2n) is 9.29. The molecule has 1 N–H and O–H groups in total. The van der Waals surface area contributed by atoms with Crippen LogP contribution in [0.5, 0.6) is 11.5 Å². The lowest BCUT2D eigenvalue weighted by molar-refractivity contribution is -0.0168. The third-order valence-electron chi connectivity index (χ3n) is 6.29. The fourth-order valence-electron chi connectivity index (χ4n) is 4.26. The van der Waals surface area contributed by atoms with E-state index < -0.39 is 5.60 Å². The van der Waals surface area contributed by atoms with Crippen molar-refractivity contribution in [3.05, 3.63) is 76.6 Å². The van der Waals surface area contributed by atoms with Gasteiger partial charge >= 0.3 is 0 Å². The van der Waals surface area contributed by atoms with Crippen LogP contribution in [0, 0.1) is 13.8 Å². The van der Waals surface area contributed by atoms with Crippen LogP contribution >= 0.6 is 11.6 Å². The van der Waals surface area contributed by atoms with Crippen molar-refractivity contribution in [1.29, 1.82) is 0 Å². The first-order valence-electron chi connectivity index (χ1n) is 11.9. The molecule has 0 bridgehead atoms. The van der Waals surface area contributed by atoms with Crippen molar-refractivity contribution in [1.82, 2.24) is 14.7 Å². The quantitative estimate of drug-likeness (QED) is 0.462. The van der Waals surface area contributed by atoms with Gasteiger partial charge < -0.3 is 14.6 Å². The van der Waals surface area contributed by atoms with Gasteiger partial charge in [-0.2, -0.15) is 5.10 Å². The summed E-state index contributed by atoms with van der Waals surface area (Å²) in [5.41, 5.74) is 2.50. The Morgan fingerprint density at radius 2 is 1.85 bits per heavy atom. The molecular weight excluding hydrogens is 450 g/mol. The number of hydrogen-bond donors (Lipinski definition) is 1. The average molecular weight is 484 g/mol. The molecule has 1 aromatic heterocycles. The molecule has 34 heavy (non-hydrogen) atoms. The number of rotatable bonds is 9. The normalized spacial score (nSPS) is 19.1. The first-order valence-corrected chi connectivity index (χ1v) is 12.3. The number of aliphatic hydroxyl groups is 1. The van der Waals surface area contributed by atoms with Crippen LogP contribution in [0.2, 0.25) is 5.02 Å². The van der Waals surface area contributed by atoms with Crippen LogP contribution in [-0.2, 0) is 13.1 Å². The van der Waals surface area contributed by atoms with Gasteiger partial charge in [-0.05, 0) is 81.1 Å². The van der Waals surface area contributed by atoms with E-state index in [1.54, 1.807) is 0 Å². The summed E-state index contributed by atoms with van der Waals surface area (Å²) >= 11 is 6.25. The Labute approximate surface area is 207 Å². The summed E-state index contributed by atoms with van der Waals surface area (Å²) in [6.45, 7) is 8.19. The lowest BCUT2D eigenvalue weighted by Crippen LogP contribution is -2.37. The average Bonchev–Trinajstić information content (AvgIpc) is 3.14. The van der Waals surface area contributed by atoms with Crippen LogP contribution in [-0.4, -0.2) is 51.7 Å². The van der Waals surface area contributed by atoms with Crippen molar-refractivity contribution < 1.29 is 14.6 Å². The SMILES string of the molecule is Cc1ccc(Cl)c(OC[C@]2(O)CCCN(Cc3ccc(OCCn4ccc(C)n4)cc3)CC2)c1. The zero-order chi connectivity index (χ0) is 24.0. The third kappa shape index (κ3) is 6.98. The molecule has 4 rings (SSSR count). The van der Waals surface area contributed by atoms with Gasteiger partial charge in [0.05, 0.1) is 22.9 Å². The second-order valence-corrected chi connectivity index (χ2v) is 9.70. The zero-order valence-electron chi connectivity index (χ0n) is 20.0. The lowest BCUT2D eigenvalue weighted by atomic mass is 9.96. The Kier molecular flexibility index (Phi) is 8.14. The van der Waals surface area contributed by atoms with E-state index in [0.717, 1.165) is 56.0 Å². The van der Waals surface area contributed by atoms with Gasteiger partial charge in [0.25, 0.3) is 0 Å². The Morgan fingerprint density at radius 1 is 1.03 bits per heavy atom. The van der Waals surface area contributed by atoms with E-state index in [2.05, 4.69) is 22.1 Å². The molecule has 7 heteroatoms. The van der Waals surface area contributed by atoms with Crippen LogP contribution in [0.1, 0.15) is 36.1 Å². The molecule has 1 fully saturated rings. The van der Waals surface area contributed by atoms with E-state index in [1.807, 2.05) is 61.1 Å². The molecule has 0 saturated carbocycles. The van der Waals surface area contributed by atoms with Gasteiger partial charge in [0.2, 0.25) is 0 Å². The van der Waals surface area contributed by atoms with Gasteiger partial charge in [0, 0.05) is 19.3 Å². The number of aromatic nitrogens is 2. The number of ether oxygens (including phenoxy) is 2. The van der Waals surface area contributed by atoms with E-state index in [1.165, 1.54) is 5.56 Å². The minimum absolute atomic E-state index is 0.258. The van der Waals surface area contributed by atoms with Gasteiger partial charge in [-0.15, -0.1) is 0 Å². The molecule has 1 aliphatic rings. The van der Waals surface area contributed by atoms with Crippen LogP contribution in [0.25, 0.3) is 0 Å². The summed E-state index contributed by atoms with van der Waals surface area (Å²) in [4.78, 5) is 2.40. The molecule has 0 aliphatic carbocycles. The number of likely N-dealkylation sites (tertiary alicyclic amines) is 1. The Morgan fingerprint density at radius 3 is 2.62 bits per heavy atom. The predicted molar refractivity (Wildman–Crippen MR) is 135 cm³/mol. The smallest absolute Gasteiger partial charge is 0.138 e. The molecule has 1 saturated heterocycles. The number of benzene rings is 2. The van der Waals surface area contributed by atoms with Gasteiger partial charge in [-0.25, -0.2) is 0 Å². The molecule has 1 atom stereocenters. The van der Waals surface area contributed by atoms with Crippen LogP contribution < -0.4 is 9.47 Å². The summed E-state index contributed by atoms with van der Waals surface area (Å²) < 4.78 is 13.7. The first kappa shape index (κ1) is 24.6. The van der Waals surface area contributed by atoms with Gasteiger partial charge in [0.15, 0.2) is 0 Å². The van der Waals surface area contributed by atoms with Crippen molar-refractivity contribution in [2.45, 2.75) is 51.8 Å². The number of halogens is 1. The minimum Gasteiger partial charge on any atom is -0.492 e. The molecule has 0 spiro atoms. The Balaban J connectivity index is 1.23. The summed E-state index contributed by atoms with van der Waals surface area (Å²) in [6.07, 6.45) is 4.28. The first-order chi connectivity index (χ1) is 16.4. The van der Waals surface area contributed by atoms with E-state index >= 15 is 0 Å². The topological polar surface area (TPSA) is 59.8 Å². The summed E-state index contributed by atoms with van der Waals surface area (Å²) in [6, 6.07) is 16.0. The van der Waals surface area contributed by atoms with Crippen LogP contribution in [0.3, 0.4) is 0 Å². The van der Waals surface area contributed by atoms with Crippen molar-refractivity contribution in [3.63, 3.8) is 0 Å². The molecule has 1 aliphatic heterocycles. The van der Waals surface area contributed by atoms with Gasteiger partial charge in [-0.1, -0.05) is 29.8 Å². The van der Waals surface area contributed by atoms with Gasteiger partial charge in [-0.3, -0.25) is 9.58 Å². The Bertz CT molecular complexity index is 1070. The van der Waals surface area contributed by atoms with E-state index in [4.69, 9.17) is 21.1 Å². The van der Waals surface area contributed by atoms with E-state index in [9.17, 15) is 5.11 Å². The molecule has 0 amide bonds. The minimum atomic E-state index is -0.841. The molecule has 0 radical (unpaired) electrons. The maximum Gasteiger partial charge on any atom is 0.138 e. The molecular formula is C27H34ClN3O3. The third-order valence-corrected chi connectivity index (χ3v) is 6.60. The van der Waals surface area contributed by atoms with Gasteiger partial charge in [0.1, 0.15) is 24.7 Å². The molecule has 0 unspecified atom stereocenters. The highest BCUT2D eigenvalue weighted by molar-refractivity contribution is 6.32. The second kappa shape index (κ2) is 11.3. The summed E-state index contributed by atoms with van der Waals surface area (Å²) in [5.74, 6) is 1.50. The molecule has 182 valence electrons. The van der Waals surface area contributed by atoms with Crippen LogP contribution in [0.4, 0.5) is 0 Å². The molecule has 3 aromatic rings. The van der Waals surface area contributed by atoms with Crippen LogP contribution in [0.15, 0.2) is 54.7 Å². The summed E-state index contributed by atoms with van der Waals surface area (Å²) in [7, 11) is 0. The molecule has 2 aromatic carbocycles. The fourth-order valence-corrected chi connectivity index (χ4v) is 4.44. The maximum atomic E-state index is 11.1. The van der Waals surface area contributed by atoms with E-state index in [0.29, 0.717) is 23.8 Å². The highest BCUT2D eigenvalue weighted by atomic mass is 35.5. The highest BCUT2D eigenvalue weighted by Crippen LogP contribution is 2.29. The number of hydrogen-bond acceptors (Lipinski definition) is 5. The maximum absolute atomic E-state index is 11.1. The van der Waals surface area contributed by atoms with Crippen molar-refractivity contribution in [2.75, 3.05) is 26.3 Å². The predicted octanol–water partition coefficient (Wildman–Crippen LogP) is 5.03. The number of aryl methyl sites for hydroxylation is 2. The lowest BCUT2D eigenvalue weighted by Gasteiger charge is -2.27. The zero-order valence-corrected chi connectivity index (χ0v) is 20.8. The fraction of sp³-hybridized carbons (Fsp3) is 0.444. The molecule has 6 nitrogen and oxygen atoms in total. The monoisotopic (exact) mass is 483 g/mol. The standard InChI is InChI=1S/C27H34ClN3O3/c1-21-4-9-25(28)26(18-21)34-20-27(32)11-3-13-30(15-12-27)19-23-5-7-24(8-6-23)33-17-16-31-14-10-22(2)29-31/h4-10,14,18,32H,3,11-13,15-17,19-20H2,1-2H3/t27-/m0/s1. The van der Waals surface area contributed by atoms with Crippen molar-refractivity contribution in [2.24, 2.45) is 0 Å². The highest BCUT2D eigenvalue weighted by Gasteiger charge is 2.31. The Hall–Kier alpha value is -2.54.